The molecule has 0 amide bonds. The molecule has 0 radical (unpaired) electrons. The van der Waals surface area contributed by atoms with Crippen molar-refractivity contribution >= 4 is 24.9 Å². The van der Waals surface area contributed by atoms with Gasteiger partial charge in [0.05, 0.1) is 20.3 Å². The molecule has 5 nitrogen and oxygen atoms in total. The summed E-state index contributed by atoms with van der Waals surface area (Å²) >= 11 is 5.91. The van der Waals surface area contributed by atoms with Crippen molar-refractivity contribution in [3.05, 3.63) is 59.1 Å². The van der Waals surface area contributed by atoms with Crippen LogP contribution in [0.5, 0.6) is 5.75 Å². The maximum absolute atomic E-state index is 13.3. The van der Waals surface area contributed by atoms with Gasteiger partial charge in [-0.15, -0.1) is 0 Å². The Morgan fingerprint density at radius 3 is 2.15 bits per heavy atom. The second-order valence-corrected chi connectivity index (χ2v) is 7.98. The topological polar surface area (TPSA) is 56.8 Å². The summed E-state index contributed by atoms with van der Waals surface area (Å²) in [5.74, 6) is 5.90. The second-order valence-electron chi connectivity index (χ2n) is 5.43. The molecule has 2 aromatic carbocycles. The van der Waals surface area contributed by atoms with Gasteiger partial charge in [0.15, 0.2) is 5.78 Å². The van der Waals surface area contributed by atoms with Crippen LogP contribution in [0.15, 0.2) is 48.5 Å². The summed E-state index contributed by atoms with van der Waals surface area (Å²) in [5, 5.41) is 3.78. The van der Waals surface area contributed by atoms with Crippen molar-refractivity contribution in [1.29, 1.82) is 0 Å². The van der Waals surface area contributed by atoms with E-state index in [1.807, 2.05) is 12.1 Å². The van der Waals surface area contributed by atoms with Gasteiger partial charge >= 0.3 is 7.60 Å². The second kappa shape index (κ2) is 10.4. The molecule has 0 fully saturated rings. The van der Waals surface area contributed by atoms with Crippen LogP contribution in [0.3, 0.4) is 0 Å². The Kier molecular flexibility index (Phi) is 8.22. The Labute approximate surface area is 165 Å². The van der Waals surface area contributed by atoms with E-state index in [2.05, 4.69) is 17.2 Å². The minimum atomic E-state index is -3.50. The average molecular weight is 408 g/mol. The Morgan fingerprint density at radius 1 is 1.04 bits per heavy atom. The standard InChI is InChI=1S/C20H23ClNO4P/c1-4-25-27(23,26-5-2)20(15-8-16-6-9-17(21)10-7-16)22-18-11-13-19(24-3)14-12-18/h6-7,9-14,20,22H,4-5H2,1-3H3. The number of hydrogen-bond donors (Lipinski definition) is 1. The number of hydrogen-bond acceptors (Lipinski definition) is 5. The maximum atomic E-state index is 13.3. The van der Waals surface area contributed by atoms with Gasteiger partial charge in [0.2, 0.25) is 0 Å². The molecule has 0 heterocycles. The van der Waals surface area contributed by atoms with E-state index < -0.39 is 13.4 Å². The van der Waals surface area contributed by atoms with Crippen LogP contribution < -0.4 is 10.1 Å². The predicted molar refractivity (Wildman–Crippen MR) is 110 cm³/mol. The van der Waals surface area contributed by atoms with Crippen LogP contribution in [0.25, 0.3) is 0 Å². The first-order chi connectivity index (χ1) is 13.0. The highest BCUT2D eigenvalue weighted by Gasteiger charge is 2.34. The highest BCUT2D eigenvalue weighted by molar-refractivity contribution is 7.55. The first kappa shape index (κ1) is 21.3. The molecule has 27 heavy (non-hydrogen) atoms. The lowest BCUT2D eigenvalue weighted by Gasteiger charge is -2.24. The van der Waals surface area contributed by atoms with Crippen LogP contribution in [-0.2, 0) is 13.6 Å². The Bertz CT molecular complexity index is 818. The minimum absolute atomic E-state index is 0.251. The highest BCUT2D eigenvalue weighted by Crippen LogP contribution is 2.52. The molecule has 0 saturated heterocycles. The lowest BCUT2D eigenvalue weighted by molar-refractivity contribution is 0.218. The molecule has 2 rings (SSSR count). The minimum Gasteiger partial charge on any atom is -0.497 e. The summed E-state index contributed by atoms with van der Waals surface area (Å²) in [6.07, 6.45) is 0. The van der Waals surface area contributed by atoms with Crippen molar-refractivity contribution in [1.82, 2.24) is 0 Å². The first-order valence-electron chi connectivity index (χ1n) is 8.57. The van der Waals surface area contributed by atoms with Gasteiger partial charge in [-0.3, -0.25) is 4.57 Å². The van der Waals surface area contributed by atoms with Crippen molar-refractivity contribution in [2.24, 2.45) is 0 Å². The summed E-state index contributed by atoms with van der Waals surface area (Å²) in [5.41, 5.74) is 1.48. The van der Waals surface area contributed by atoms with Crippen molar-refractivity contribution < 1.29 is 18.3 Å². The number of anilines is 1. The van der Waals surface area contributed by atoms with E-state index in [0.717, 1.165) is 17.0 Å². The lowest BCUT2D eigenvalue weighted by Crippen LogP contribution is -2.21. The van der Waals surface area contributed by atoms with Gasteiger partial charge in [-0.2, -0.15) is 0 Å². The van der Waals surface area contributed by atoms with Crippen molar-refractivity contribution in [2.75, 3.05) is 25.6 Å². The summed E-state index contributed by atoms with van der Waals surface area (Å²) in [6.45, 7) is 4.03. The third-order valence-electron chi connectivity index (χ3n) is 3.53. The summed E-state index contributed by atoms with van der Waals surface area (Å²) in [6, 6.07) is 14.3. The molecule has 0 aliphatic heterocycles. The van der Waals surface area contributed by atoms with E-state index in [1.54, 1.807) is 57.4 Å². The SMILES string of the molecule is CCOP(=O)(OCC)C(C#Cc1ccc(Cl)cc1)Nc1ccc(OC)cc1. The molecule has 0 saturated carbocycles. The summed E-state index contributed by atoms with van der Waals surface area (Å²) in [7, 11) is -1.90. The monoisotopic (exact) mass is 407 g/mol. The van der Waals surface area contributed by atoms with Gasteiger partial charge in [0, 0.05) is 16.3 Å². The molecule has 1 unspecified atom stereocenters. The van der Waals surface area contributed by atoms with Gasteiger partial charge in [0.25, 0.3) is 0 Å². The fourth-order valence-electron chi connectivity index (χ4n) is 2.27. The van der Waals surface area contributed by atoms with Crippen molar-refractivity contribution in [2.45, 2.75) is 19.6 Å². The third-order valence-corrected chi connectivity index (χ3v) is 5.90. The first-order valence-corrected chi connectivity index (χ1v) is 10.6. The van der Waals surface area contributed by atoms with Gasteiger partial charge in [-0.25, -0.2) is 0 Å². The van der Waals surface area contributed by atoms with Gasteiger partial charge in [-0.05, 0) is 62.4 Å². The maximum Gasteiger partial charge on any atom is 0.364 e. The molecule has 0 aromatic heterocycles. The zero-order valence-electron chi connectivity index (χ0n) is 15.6. The number of rotatable bonds is 8. The number of ether oxygens (including phenoxy) is 1. The van der Waals surface area contributed by atoms with Crippen LogP contribution in [0.2, 0.25) is 5.02 Å². The highest BCUT2D eigenvalue weighted by atomic mass is 35.5. The predicted octanol–water partition coefficient (Wildman–Crippen LogP) is 5.40. The Balaban J connectivity index is 2.34. The van der Waals surface area contributed by atoms with E-state index >= 15 is 0 Å². The number of halogens is 1. The quantitative estimate of drug-likeness (QED) is 0.468. The van der Waals surface area contributed by atoms with Crippen LogP contribution in [0.1, 0.15) is 19.4 Å². The molecule has 144 valence electrons. The molecule has 0 aliphatic rings. The zero-order valence-corrected chi connectivity index (χ0v) is 17.2. The molecular formula is C20H23ClNO4P. The Hall–Kier alpha value is -1.96. The van der Waals surface area contributed by atoms with Crippen LogP contribution in [-0.4, -0.2) is 26.1 Å². The molecule has 7 heteroatoms. The van der Waals surface area contributed by atoms with Crippen molar-refractivity contribution in [3.8, 4) is 17.6 Å². The summed E-state index contributed by atoms with van der Waals surface area (Å²) in [4.78, 5) is 0. The van der Waals surface area contributed by atoms with Crippen LogP contribution in [0.4, 0.5) is 5.69 Å². The van der Waals surface area contributed by atoms with E-state index in [9.17, 15) is 4.57 Å². The fraction of sp³-hybridized carbons (Fsp3) is 0.300. The fourth-order valence-corrected chi connectivity index (χ4v) is 4.02. The third kappa shape index (κ3) is 6.30. The molecule has 2 aromatic rings. The number of benzene rings is 2. The van der Waals surface area contributed by atoms with Crippen LogP contribution in [0, 0.1) is 11.8 Å². The van der Waals surface area contributed by atoms with Crippen molar-refractivity contribution in [3.63, 3.8) is 0 Å². The molecule has 0 bridgehead atoms. The van der Waals surface area contributed by atoms with Crippen LogP contribution >= 0.6 is 19.2 Å². The van der Waals surface area contributed by atoms with Gasteiger partial charge in [0.1, 0.15) is 5.75 Å². The number of methoxy groups -OCH3 is 1. The Morgan fingerprint density at radius 2 is 1.63 bits per heavy atom. The number of nitrogens with one attached hydrogen (secondary N) is 1. The van der Waals surface area contributed by atoms with E-state index in [4.69, 9.17) is 25.4 Å². The zero-order chi connectivity index (χ0) is 19.7. The largest absolute Gasteiger partial charge is 0.497 e. The van der Waals surface area contributed by atoms with Gasteiger partial charge < -0.3 is 19.1 Å². The molecule has 1 atom stereocenters. The molecular weight excluding hydrogens is 385 g/mol. The van der Waals surface area contributed by atoms with Gasteiger partial charge in [-0.1, -0.05) is 23.4 Å². The van der Waals surface area contributed by atoms with E-state index in [-0.39, 0.29) is 13.2 Å². The smallest absolute Gasteiger partial charge is 0.364 e. The molecule has 0 aliphatic carbocycles. The molecule has 1 N–H and O–H groups in total. The van der Waals surface area contributed by atoms with E-state index in [0.29, 0.717) is 5.02 Å². The van der Waals surface area contributed by atoms with E-state index in [1.165, 1.54) is 0 Å². The lowest BCUT2D eigenvalue weighted by atomic mass is 10.2. The normalized spacial score (nSPS) is 12.0. The summed E-state index contributed by atoms with van der Waals surface area (Å²) < 4.78 is 29.4. The molecule has 0 spiro atoms. The average Bonchev–Trinajstić information content (AvgIpc) is 2.67.